The average molecular weight is 367 g/mol. The molecule has 0 nitrogen and oxygen atoms in total. The Morgan fingerprint density at radius 1 is 0.556 bits per heavy atom. The summed E-state index contributed by atoms with van der Waals surface area (Å²) in [4.78, 5) is 0. The summed E-state index contributed by atoms with van der Waals surface area (Å²) in [6.45, 7) is 6.92. The van der Waals surface area contributed by atoms with E-state index in [1.54, 1.807) is 0 Å². The van der Waals surface area contributed by atoms with Crippen LogP contribution in [-0.2, 0) is 0 Å². The fraction of sp³-hybridized carbons (Fsp3) is 0.154. The highest BCUT2D eigenvalue weighted by Gasteiger charge is 2.49. The summed E-state index contributed by atoms with van der Waals surface area (Å²) >= 11 is 0. The number of rotatable bonds is 4. The van der Waals surface area contributed by atoms with Crippen molar-refractivity contribution in [2.75, 3.05) is 0 Å². The molecule has 3 aromatic rings. The molecule has 1 aliphatic rings. The molecule has 134 valence electrons. The van der Waals surface area contributed by atoms with Gasteiger partial charge in [0.1, 0.15) is 0 Å². The molecule has 3 aromatic carbocycles. The standard InChI is InChI=1S/C26H26Si/c1-20-19-21(2)26(22(20)3)27(23-13-7-4-8-14-23,24-15-9-5-10-16-24)25-17-11-6-12-18-25/h4-19,26H,1-3H3. The van der Waals surface area contributed by atoms with Gasteiger partial charge in [-0.3, -0.25) is 0 Å². The zero-order valence-corrected chi connectivity index (χ0v) is 17.3. The molecule has 0 heterocycles. The minimum atomic E-state index is -2.28. The molecule has 0 radical (unpaired) electrons. The second-order valence-corrected chi connectivity index (χ2v) is 11.5. The fourth-order valence-electron chi connectivity index (χ4n) is 4.88. The molecule has 0 aromatic heterocycles. The Labute approximate surface area is 163 Å². The lowest BCUT2D eigenvalue weighted by Crippen LogP contribution is -2.70. The van der Waals surface area contributed by atoms with Crippen LogP contribution in [-0.4, -0.2) is 8.07 Å². The summed E-state index contributed by atoms with van der Waals surface area (Å²) in [6.07, 6.45) is 2.40. The zero-order chi connectivity index (χ0) is 18.9. The van der Waals surface area contributed by atoms with E-state index in [9.17, 15) is 0 Å². The van der Waals surface area contributed by atoms with Gasteiger partial charge in [-0.05, 0) is 36.3 Å². The summed E-state index contributed by atoms with van der Waals surface area (Å²) < 4.78 is 0. The quantitative estimate of drug-likeness (QED) is 0.458. The van der Waals surface area contributed by atoms with Crippen molar-refractivity contribution < 1.29 is 0 Å². The normalized spacial score (nSPS) is 17.1. The van der Waals surface area contributed by atoms with Gasteiger partial charge in [-0.1, -0.05) is 114 Å². The van der Waals surface area contributed by atoms with Gasteiger partial charge in [0.15, 0.2) is 8.07 Å². The molecule has 4 rings (SSSR count). The molecule has 27 heavy (non-hydrogen) atoms. The molecule has 0 N–H and O–H groups in total. The van der Waals surface area contributed by atoms with Gasteiger partial charge >= 0.3 is 0 Å². The van der Waals surface area contributed by atoms with E-state index in [1.807, 2.05) is 0 Å². The van der Waals surface area contributed by atoms with Crippen LogP contribution in [0.2, 0.25) is 5.54 Å². The molecule has 0 spiro atoms. The molecule has 1 aliphatic carbocycles. The lowest BCUT2D eigenvalue weighted by Gasteiger charge is -2.41. The molecular weight excluding hydrogens is 340 g/mol. The van der Waals surface area contributed by atoms with Crippen molar-refractivity contribution in [3.63, 3.8) is 0 Å². The molecule has 0 amide bonds. The summed E-state index contributed by atoms with van der Waals surface area (Å²) in [5.41, 5.74) is 4.89. The number of allylic oxidation sites excluding steroid dienone is 4. The zero-order valence-electron chi connectivity index (χ0n) is 16.3. The van der Waals surface area contributed by atoms with Gasteiger partial charge in [-0.25, -0.2) is 0 Å². The van der Waals surface area contributed by atoms with Crippen LogP contribution >= 0.6 is 0 Å². The van der Waals surface area contributed by atoms with Crippen molar-refractivity contribution in [2.45, 2.75) is 26.3 Å². The molecule has 0 aliphatic heterocycles. The second-order valence-electron chi connectivity index (χ2n) is 7.59. The molecule has 0 fully saturated rings. The predicted octanol–water partition coefficient (Wildman–Crippen LogP) is 4.82. The monoisotopic (exact) mass is 366 g/mol. The Hall–Kier alpha value is -2.64. The first-order valence-electron chi connectivity index (χ1n) is 9.68. The van der Waals surface area contributed by atoms with Crippen LogP contribution in [0.25, 0.3) is 0 Å². The van der Waals surface area contributed by atoms with Crippen LogP contribution in [0.5, 0.6) is 0 Å². The van der Waals surface area contributed by atoms with E-state index in [0.717, 1.165) is 0 Å². The molecule has 0 saturated heterocycles. The average Bonchev–Trinajstić information content (AvgIpc) is 2.98. The van der Waals surface area contributed by atoms with Gasteiger partial charge in [0.25, 0.3) is 0 Å². The van der Waals surface area contributed by atoms with Crippen LogP contribution in [0.3, 0.4) is 0 Å². The summed E-state index contributed by atoms with van der Waals surface area (Å²) in [6, 6.07) is 33.7. The van der Waals surface area contributed by atoms with E-state index < -0.39 is 8.07 Å². The molecule has 1 heteroatoms. The van der Waals surface area contributed by atoms with Crippen LogP contribution in [0, 0.1) is 0 Å². The molecule has 0 saturated carbocycles. The SMILES string of the molecule is CC1=CC(C)=C(C)C1[Si](c1ccccc1)(c1ccccc1)c1ccccc1. The Balaban J connectivity index is 2.13. The van der Waals surface area contributed by atoms with Crippen molar-refractivity contribution in [2.24, 2.45) is 0 Å². The summed E-state index contributed by atoms with van der Waals surface area (Å²) in [7, 11) is -2.28. The lowest BCUT2D eigenvalue weighted by molar-refractivity contribution is 1.09. The van der Waals surface area contributed by atoms with E-state index in [-0.39, 0.29) is 0 Å². The van der Waals surface area contributed by atoms with Gasteiger partial charge in [0, 0.05) is 5.54 Å². The Kier molecular flexibility index (Phi) is 4.71. The second kappa shape index (κ2) is 7.17. The maximum Gasteiger partial charge on any atom is 0.159 e. The molecule has 0 bridgehead atoms. The topological polar surface area (TPSA) is 0 Å². The van der Waals surface area contributed by atoms with Crippen molar-refractivity contribution in [3.05, 3.63) is 114 Å². The summed E-state index contributed by atoms with van der Waals surface area (Å²) in [5.74, 6) is 0. The lowest BCUT2D eigenvalue weighted by atomic mass is 10.1. The number of benzene rings is 3. The van der Waals surface area contributed by atoms with Crippen LogP contribution in [0.4, 0.5) is 0 Å². The van der Waals surface area contributed by atoms with Crippen LogP contribution in [0.15, 0.2) is 114 Å². The van der Waals surface area contributed by atoms with E-state index in [2.05, 4.69) is 118 Å². The maximum atomic E-state index is 2.40. The Morgan fingerprint density at radius 3 is 1.22 bits per heavy atom. The van der Waals surface area contributed by atoms with E-state index >= 15 is 0 Å². The van der Waals surface area contributed by atoms with E-state index in [4.69, 9.17) is 0 Å². The predicted molar refractivity (Wildman–Crippen MR) is 120 cm³/mol. The van der Waals surface area contributed by atoms with E-state index in [1.165, 1.54) is 32.3 Å². The third-order valence-electron chi connectivity index (χ3n) is 6.07. The van der Waals surface area contributed by atoms with Crippen molar-refractivity contribution in [1.82, 2.24) is 0 Å². The minimum Gasteiger partial charge on any atom is -0.0676 e. The van der Waals surface area contributed by atoms with Gasteiger partial charge in [0.2, 0.25) is 0 Å². The highest BCUT2D eigenvalue weighted by Crippen LogP contribution is 2.42. The van der Waals surface area contributed by atoms with Gasteiger partial charge < -0.3 is 0 Å². The van der Waals surface area contributed by atoms with Crippen molar-refractivity contribution in [1.29, 1.82) is 0 Å². The van der Waals surface area contributed by atoms with Gasteiger partial charge in [0.05, 0.1) is 0 Å². The Morgan fingerprint density at radius 2 is 0.926 bits per heavy atom. The molecular formula is C26H26Si. The third-order valence-corrected chi connectivity index (χ3v) is 11.6. The number of hydrogen-bond acceptors (Lipinski definition) is 0. The minimum absolute atomic E-state index is 0.449. The summed E-state index contributed by atoms with van der Waals surface area (Å²) in [5, 5.41) is 4.44. The highest BCUT2D eigenvalue weighted by atomic mass is 28.3. The first kappa shape index (κ1) is 17.8. The Bertz CT molecular complexity index is 885. The maximum absolute atomic E-state index is 2.40. The van der Waals surface area contributed by atoms with Crippen LogP contribution < -0.4 is 15.6 Å². The van der Waals surface area contributed by atoms with Crippen molar-refractivity contribution >= 4 is 23.6 Å². The molecule has 1 atom stereocenters. The first-order valence-corrected chi connectivity index (χ1v) is 11.8. The van der Waals surface area contributed by atoms with Gasteiger partial charge in [-0.15, -0.1) is 0 Å². The highest BCUT2D eigenvalue weighted by molar-refractivity contribution is 7.13. The molecule has 1 unspecified atom stereocenters. The number of hydrogen-bond donors (Lipinski definition) is 0. The van der Waals surface area contributed by atoms with E-state index in [0.29, 0.717) is 5.54 Å². The van der Waals surface area contributed by atoms with Gasteiger partial charge in [-0.2, -0.15) is 0 Å². The fourth-order valence-corrected chi connectivity index (χ4v) is 10.7. The first-order chi connectivity index (χ1) is 13.2. The van der Waals surface area contributed by atoms with Crippen molar-refractivity contribution in [3.8, 4) is 0 Å². The largest absolute Gasteiger partial charge is 0.159 e. The smallest absolute Gasteiger partial charge is 0.0676 e. The van der Waals surface area contributed by atoms with Crippen LogP contribution in [0.1, 0.15) is 20.8 Å². The third kappa shape index (κ3) is 2.83.